The lowest BCUT2D eigenvalue weighted by Crippen LogP contribution is -2.45. The van der Waals surface area contributed by atoms with Crippen molar-refractivity contribution in [2.75, 3.05) is 25.4 Å². The second-order valence-corrected chi connectivity index (χ2v) is 9.57. The zero-order valence-electron chi connectivity index (χ0n) is 18.7. The molecule has 0 radical (unpaired) electrons. The Morgan fingerprint density at radius 2 is 1.44 bits per heavy atom. The quantitative estimate of drug-likeness (QED) is 0.409. The van der Waals surface area contributed by atoms with Gasteiger partial charge in [0.05, 0.1) is 10.8 Å². The number of halogens is 3. The topological polar surface area (TPSA) is 32.3 Å². The largest absolute Gasteiger partial charge is 0.338 e. The van der Waals surface area contributed by atoms with Crippen LogP contribution in [0.5, 0.6) is 0 Å². The molecular weight excluding hydrogens is 457 g/mol. The average Bonchev–Trinajstić information content (AvgIpc) is 2.86. The van der Waals surface area contributed by atoms with Crippen LogP contribution in [0, 0.1) is 17.5 Å². The molecule has 1 aliphatic heterocycles. The highest BCUT2D eigenvalue weighted by Crippen LogP contribution is 2.35. The monoisotopic (exact) mass is 484 g/mol. The molecule has 3 aromatic carbocycles. The van der Waals surface area contributed by atoms with E-state index in [1.807, 2.05) is 0 Å². The minimum Gasteiger partial charge on any atom is -0.338 e. The lowest BCUT2D eigenvalue weighted by Gasteiger charge is -2.32. The highest BCUT2D eigenvalue weighted by atomic mass is 32.2. The Morgan fingerprint density at radius 3 is 2.00 bits per heavy atom. The molecule has 0 aliphatic carbocycles. The van der Waals surface area contributed by atoms with Gasteiger partial charge in [-0.2, -0.15) is 0 Å². The summed E-state index contributed by atoms with van der Waals surface area (Å²) >= 11 is 1.72. The van der Waals surface area contributed by atoms with Gasteiger partial charge in [0.2, 0.25) is 0 Å². The zero-order valence-corrected chi connectivity index (χ0v) is 19.5. The first-order valence-corrected chi connectivity index (χ1v) is 12.5. The van der Waals surface area contributed by atoms with Crippen LogP contribution in [-0.4, -0.2) is 42.2 Å². The van der Waals surface area contributed by atoms with Gasteiger partial charge < -0.3 is 10.2 Å². The molecule has 0 saturated carbocycles. The van der Waals surface area contributed by atoms with Crippen LogP contribution in [0.25, 0.3) is 0 Å². The lowest BCUT2D eigenvalue weighted by molar-refractivity contribution is 0.0701. The van der Waals surface area contributed by atoms with Crippen LogP contribution in [0.4, 0.5) is 13.2 Å². The van der Waals surface area contributed by atoms with Crippen LogP contribution >= 0.6 is 11.8 Å². The van der Waals surface area contributed by atoms with E-state index in [0.29, 0.717) is 19.1 Å². The third-order valence-electron chi connectivity index (χ3n) is 6.05. The molecule has 1 saturated heterocycles. The Hall–Kier alpha value is -2.77. The van der Waals surface area contributed by atoms with Crippen molar-refractivity contribution >= 4 is 17.7 Å². The molecule has 1 N–H and O–H groups in total. The first kappa shape index (κ1) is 24.4. The van der Waals surface area contributed by atoms with Gasteiger partial charge >= 0.3 is 0 Å². The van der Waals surface area contributed by atoms with Gasteiger partial charge in [0.15, 0.2) is 0 Å². The van der Waals surface area contributed by atoms with Crippen LogP contribution in [-0.2, 0) is 0 Å². The van der Waals surface area contributed by atoms with Crippen LogP contribution in [0.2, 0.25) is 0 Å². The minimum atomic E-state index is -0.485. The summed E-state index contributed by atoms with van der Waals surface area (Å²) in [5, 5.41) is 3.53. The maximum absolute atomic E-state index is 13.9. The molecule has 0 spiro atoms. The van der Waals surface area contributed by atoms with Crippen LogP contribution < -0.4 is 5.32 Å². The Kier molecular flexibility index (Phi) is 8.29. The van der Waals surface area contributed by atoms with E-state index in [0.717, 1.165) is 36.3 Å². The van der Waals surface area contributed by atoms with E-state index in [1.54, 1.807) is 53.1 Å². The Labute approximate surface area is 202 Å². The standard InChI is InChI=1S/C27H27F3N2OS/c28-21-9-5-19(6-10-21)26(20-7-11-22(29)12-8-20)34-18-15-31-23-13-16-32(17-14-23)27(33)24-3-1-2-4-25(24)30/h1-12,23,26,31H,13-18H2. The Balaban J connectivity index is 1.27. The van der Waals surface area contributed by atoms with Crippen LogP contribution in [0.3, 0.4) is 0 Å². The number of hydrogen-bond acceptors (Lipinski definition) is 3. The first-order valence-electron chi connectivity index (χ1n) is 11.4. The van der Waals surface area contributed by atoms with Gasteiger partial charge in [-0.15, -0.1) is 11.8 Å². The highest BCUT2D eigenvalue weighted by molar-refractivity contribution is 7.99. The minimum absolute atomic E-state index is 0.0248. The summed E-state index contributed by atoms with van der Waals surface area (Å²) in [6, 6.07) is 19.2. The van der Waals surface area contributed by atoms with Crippen molar-refractivity contribution in [1.29, 1.82) is 0 Å². The van der Waals surface area contributed by atoms with E-state index in [1.165, 1.54) is 36.4 Å². The third-order valence-corrected chi connectivity index (χ3v) is 7.37. The summed E-state index contributed by atoms with van der Waals surface area (Å²) in [5.74, 6) is -0.496. The maximum atomic E-state index is 13.9. The Morgan fingerprint density at radius 1 is 0.882 bits per heavy atom. The number of rotatable bonds is 8. The SMILES string of the molecule is O=C(c1ccccc1F)N1CCC(NCCSC(c2ccc(F)cc2)c2ccc(F)cc2)CC1. The van der Waals surface area contributed by atoms with Gasteiger partial charge in [-0.05, 0) is 60.4 Å². The number of piperidine rings is 1. The van der Waals surface area contributed by atoms with Gasteiger partial charge in [0, 0.05) is 31.4 Å². The summed E-state index contributed by atoms with van der Waals surface area (Å²) < 4.78 is 40.7. The second-order valence-electron chi connectivity index (χ2n) is 8.35. The summed E-state index contributed by atoms with van der Waals surface area (Å²) in [4.78, 5) is 14.3. The molecule has 34 heavy (non-hydrogen) atoms. The fourth-order valence-corrected chi connectivity index (χ4v) is 5.36. The normalized spacial score (nSPS) is 14.5. The van der Waals surface area contributed by atoms with Gasteiger partial charge in [0.1, 0.15) is 17.5 Å². The van der Waals surface area contributed by atoms with Crippen molar-refractivity contribution in [3.8, 4) is 0 Å². The second kappa shape index (κ2) is 11.6. The van der Waals surface area contributed by atoms with Crippen LogP contribution in [0.1, 0.15) is 39.6 Å². The Bertz CT molecular complexity index is 1040. The van der Waals surface area contributed by atoms with Gasteiger partial charge in [-0.1, -0.05) is 36.4 Å². The number of hydrogen-bond donors (Lipinski definition) is 1. The predicted molar refractivity (Wildman–Crippen MR) is 130 cm³/mol. The number of amides is 1. The molecule has 178 valence electrons. The summed E-state index contributed by atoms with van der Waals surface area (Å²) in [7, 11) is 0. The number of nitrogens with zero attached hydrogens (tertiary/aromatic N) is 1. The number of nitrogens with one attached hydrogen (secondary N) is 1. The predicted octanol–water partition coefficient (Wildman–Crippen LogP) is 5.82. The zero-order chi connectivity index (χ0) is 23.9. The lowest BCUT2D eigenvalue weighted by atomic mass is 10.0. The summed E-state index contributed by atoms with van der Waals surface area (Å²) in [6.07, 6.45) is 1.62. The van der Waals surface area contributed by atoms with Gasteiger partial charge in [0.25, 0.3) is 5.91 Å². The van der Waals surface area contributed by atoms with E-state index in [4.69, 9.17) is 0 Å². The van der Waals surface area contributed by atoms with E-state index in [2.05, 4.69) is 5.32 Å². The van der Waals surface area contributed by atoms with Crippen molar-refractivity contribution in [2.45, 2.75) is 24.1 Å². The molecule has 4 rings (SSSR count). The molecule has 0 bridgehead atoms. The smallest absolute Gasteiger partial charge is 0.256 e. The number of likely N-dealkylation sites (tertiary alicyclic amines) is 1. The molecule has 1 amide bonds. The van der Waals surface area contributed by atoms with Crippen LogP contribution in [0.15, 0.2) is 72.8 Å². The van der Waals surface area contributed by atoms with E-state index in [9.17, 15) is 18.0 Å². The number of benzene rings is 3. The number of carbonyl (C=O) groups is 1. The molecule has 3 nitrogen and oxygen atoms in total. The molecule has 3 aromatic rings. The molecule has 0 atom stereocenters. The van der Waals surface area contributed by atoms with Gasteiger partial charge in [-0.25, -0.2) is 13.2 Å². The molecule has 0 aromatic heterocycles. The van der Waals surface area contributed by atoms with Crippen molar-refractivity contribution in [3.63, 3.8) is 0 Å². The average molecular weight is 485 g/mol. The van der Waals surface area contributed by atoms with Crippen molar-refractivity contribution in [2.24, 2.45) is 0 Å². The van der Waals surface area contributed by atoms with E-state index in [-0.39, 0.29) is 28.4 Å². The summed E-state index contributed by atoms with van der Waals surface area (Å²) in [5.41, 5.74) is 2.06. The fraction of sp³-hybridized carbons (Fsp3) is 0.296. The maximum Gasteiger partial charge on any atom is 0.256 e. The highest BCUT2D eigenvalue weighted by Gasteiger charge is 2.25. The number of thioether (sulfide) groups is 1. The molecule has 1 fully saturated rings. The van der Waals surface area contributed by atoms with Crippen molar-refractivity contribution in [1.82, 2.24) is 10.2 Å². The van der Waals surface area contributed by atoms with E-state index >= 15 is 0 Å². The van der Waals surface area contributed by atoms with Crippen molar-refractivity contribution < 1.29 is 18.0 Å². The first-order chi connectivity index (χ1) is 16.5. The molecule has 7 heteroatoms. The number of carbonyl (C=O) groups excluding carboxylic acids is 1. The molecule has 1 heterocycles. The van der Waals surface area contributed by atoms with E-state index < -0.39 is 5.82 Å². The molecule has 1 aliphatic rings. The third kappa shape index (κ3) is 6.21. The fourth-order valence-electron chi connectivity index (χ4n) is 4.19. The van der Waals surface area contributed by atoms with Crippen molar-refractivity contribution in [3.05, 3.63) is 107 Å². The molecule has 0 unspecified atom stereocenters. The summed E-state index contributed by atoms with van der Waals surface area (Å²) in [6.45, 7) is 1.95. The molecular formula is C27H27F3N2OS. The van der Waals surface area contributed by atoms with Gasteiger partial charge in [-0.3, -0.25) is 4.79 Å².